The van der Waals surface area contributed by atoms with Crippen molar-refractivity contribution in [3.8, 4) is 0 Å². The van der Waals surface area contributed by atoms with Crippen molar-refractivity contribution in [1.29, 1.82) is 0 Å². The van der Waals surface area contributed by atoms with Crippen molar-refractivity contribution >= 4 is 10.8 Å². The molecule has 0 amide bonds. The van der Waals surface area contributed by atoms with Crippen LogP contribution in [0.4, 0.5) is 0 Å². The van der Waals surface area contributed by atoms with E-state index in [-0.39, 0.29) is 6.61 Å². The molecular formula is C12H12O. The van der Waals surface area contributed by atoms with Crippen LogP contribution >= 0.6 is 0 Å². The zero-order valence-electron chi connectivity index (χ0n) is 7.62. The van der Waals surface area contributed by atoms with E-state index in [9.17, 15) is 0 Å². The first kappa shape index (κ1) is 8.27. The Morgan fingerprint density at radius 1 is 1.15 bits per heavy atom. The number of aliphatic hydroxyl groups is 1. The van der Waals surface area contributed by atoms with Gasteiger partial charge in [-0.2, -0.15) is 0 Å². The predicted octanol–water partition coefficient (Wildman–Crippen LogP) is 2.64. The van der Waals surface area contributed by atoms with E-state index in [4.69, 9.17) is 5.11 Å². The van der Waals surface area contributed by atoms with E-state index in [1.54, 1.807) is 0 Å². The molecule has 0 aliphatic heterocycles. The van der Waals surface area contributed by atoms with Gasteiger partial charge in [0.2, 0.25) is 0 Å². The lowest BCUT2D eigenvalue weighted by atomic mass is 10.0. The van der Waals surface area contributed by atoms with Crippen molar-refractivity contribution in [3.05, 3.63) is 47.5 Å². The number of hydrogen-bond donors (Lipinski definition) is 1. The Kier molecular flexibility index (Phi) is 2.03. The van der Waals surface area contributed by atoms with Crippen LogP contribution in [0.1, 0.15) is 11.1 Å². The molecule has 1 nitrogen and oxygen atoms in total. The van der Waals surface area contributed by atoms with E-state index in [0.717, 1.165) is 5.56 Å². The highest BCUT2D eigenvalue weighted by molar-refractivity contribution is 5.86. The Balaban J connectivity index is 2.72. The van der Waals surface area contributed by atoms with Crippen LogP contribution in [0.3, 0.4) is 0 Å². The van der Waals surface area contributed by atoms with Crippen molar-refractivity contribution in [1.82, 2.24) is 0 Å². The second-order valence-corrected chi connectivity index (χ2v) is 3.29. The molecule has 2 aromatic rings. The van der Waals surface area contributed by atoms with Gasteiger partial charge in [0, 0.05) is 0 Å². The van der Waals surface area contributed by atoms with E-state index in [2.05, 4.69) is 25.1 Å². The van der Waals surface area contributed by atoms with Crippen molar-refractivity contribution in [2.75, 3.05) is 0 Å². The van der Waals surface area contributed by atoms with E-state index in [0.29, 0.717) is 0 Å². The highest BCUT2D eigenvalue weighted by Gasteiger charge is 1.97. The monoisotopic (exact) mass is 172 g/mol. The average molecular weight is 172 g/mol. The lowest BCUT2D eigenvalue weighted by Gasteiger charge is -2.03. The Morgan fingerprint density at radius 3 is 2.77 bits per heavy atom. The number of benzene rings is 2. The van der Waals surface area contributed by atoms with E-state index < -0.39 is 0 Å². The quantitative estimate of drug-likeness (QED) is 0.701. The molecule has 0 spiro atoms. The molecule has 0 fully saturated rings. The molecule has 1 heteroatoms. The summed E-state index contributed by atoms with van der Waals surface area (Å²) >= 11 is 0. The minimum absolute atomic E-state index is 0.115. The van der Waals surface area contributed by atoms with Crippen LogP contribution < -0.4 is 0 Å². The minimum Gasteiger partial charge on any atom is -0.392 e. The molecule has 0 atom stereocenters. The first-order valence-electron chi connectivity index (χ1n) is 4.40. The molecule has 0 saturated heterocycles. The van der Waals surface area contributed by atoms with Crippen LogP contribution in [0.2, 0.25) is 0 Å². The normalized spacial score (nSPS) is 10.6. The first-order chi connectivity index (χ1) is 6.31. The zero-order valence-corrected chi connectivity index (χ0v) is 7.62. The zero-order chi connectivity index (χ0) is 9.26. The maximum Gasteiger partial charge on any atom is 0.0682 e. The van der Waals surface area contributed by atoms with Crippen LogP contribution in [0.5, 0.6) is 0 Å². The molecule has 2 rings (SSSR count). The Labute approximate surface area is 77.6 Å². The van der Waals surface area contributed by atoms with Gasteiger partial charge in [0.25, 0.3) is 0 Å². The summed E-state index contributed by atoms with van der Waals surface area (Å²) in [6, 6.07) is 12.3. The molecule has 0 heterocycles. The van der Waals surface area contributed by atoms with E-state index in [1.807, 2.05) is 18.2 Å². The van der Waals surface area contributed by atoms with Gasteiger partial charge in [-0.3, -0.25) is 0 Å². The van der Waals surface area contributed by atoms with E-state index >= 15 is 0 Å². The van der Waals surface area contributed by atoms with Crippen LogP contribution in [0.15, 0.2) is 36.4 Å². The molecule has 0 aromatic heterocycles. The molecule has 0 saturated carbocycles. The number of rotatable bonds is 1. The van der Waals surface area contributed by atoms with Crippen LogP contribution in [-0.2, 0) is 6.61 Å². The van der Waals surface area contributed by atoms with E-state index in [1.165, 1.54) is 16.3 Å². The summed E-state index contributed by atoms with van der Waals surface area (Å²) in [6.07, 6.45) is 0. The topological polar surface area (TPSA) is 20.2 Å². The fourth-order valence-electron chi connectivity index (χ4n) is 1.59. The third kappa shape index (κ3) is 1.43. The smallest absolute Gasteiger partial charge is 0.0682 e. The van der Waals surface area contributed by atoms with Gasteiger partial charge in [-0.25, -0.2) is 0 Å². The lowest BCUT2D eigenvalue weighted by molar-refractivity contribution is 0.282. The molecule has 13 heavy (non-hydrogen) atoms. The fourth-order valence-corrected chi connectivity index (χ4v) is 1.59. The lowest BCUT2D eigenvalue weighted by Crippen LogP contribution is -1.84. The molecule has 0 unspecified atom stereocenters. The maximum atomic E-state index is 8.97. The number of fused-ring (bicyclic) bond motifs is 1. The summed E-state index contributed by atoms with van der Waals surface area (Å²) in [7, 11) is 0. The third-order valence-electron chi connectivity index (χ3n) is 2.35. The summed E-state index contributed by atoms with van der Waals surface area (Å²) in [5.74, 6) is 0. The minimum atomic E-state index is 0.115. The molecule has 66 valence electrons. The average Bonchev–Trinajstić information content (AvgIpc) is 2.18. The van der Waals surface area contributed by atoms with Crippen LogP contribution in [0, 0.1) is 6.92 Å². The second-order valence-electron chi connectivity index (χ2n) is 3.29. The second kappa shape index (κ2) is 3.19. The van der Waals surface area contributed by atoms with Gasteiger partial charge >= 0.3 is 0 Å². The predicted molar refractivity (Wildman–Crippen MR) is 54.6 cm³/mol. The van der Waals surface area contributed by atoms with Crippen molar-refractivity contribution in [3.63, 3.8) is 0 Å². The van der Waals surface area contributed by atoms with Crippen molar-refractivity contribution < 1.29 is 5.11 Å². The first-order valence-corrected chi connectivity index (χ1v) is 4.40. The molecule has 0 radical (unpaired) electrons. The SMILES string of the molecule is Cc1cccc2cc(CO)ccc12. The number of aliphatic hydroxyl groups excluding tert-OH is 1. The largest absolute Gasteiger partial charge is 0.392 e. The van der Waals surface area contributed by atoms with Crippen LogP contribution in [0.25, 0.3) is 10.8 Å². The van der Waals surface area contributed by atoms with Gasteiger partial charge in [0.05, 0.1) is 6.61 Å². The molecule has 0 aliphatic carbocycles. The number of aryl methyl sites for hydroxylation is 1. The summed E-state index contributed by atoms with van der Waals surface area (Å²) in [6.45, 7) is 2.21. The van der Waals surface area contributed by atoms with Gasteiger partial charge < -0.3 is 5.11 Å². The summed E-state index contributed by atoms with van der Waals surface area (Å²) in [4.78, 5) is 0. The maximum absolute atomic E-state index is 8.97. The highest BCUT2D eigenvalue weighted by Crippen LogP contribution is 2.19. The fraction of sp³-hybridized carbons (Fsp3) is 0.167. The Bertz CT molecular complexity index is 432. The highest BCUT2D eigenvalue weighted by atomic mass is 16.3. The van der Waals surface area contributed by atoms with Gasteiger partial charge in [-0.15, -0.1) is 0 Å². The summed E-state index contributed by atoms with van der Waals surface area (Å²) < 4.78 is 0. The molecule has 0 aliphatic rings. The molecule has 2 aromatic carbocycles. The Morgan fingerprint density at radius 2 is 2.00 bits per heavy atom. The molecule has 0 bridgehead atoms. The van der Waals surface area contributed by atoms with Crippen molar-refractivity contribution in [2.24, 2.45) is 0 Å². The molecule has 1 N–H and O–H groups in total. The summed E-state index contributed by atoms with van der Waals surface area (Å²) in [5, 5.41) is 11.4. The van der Waals surface area contributed by atoms with Crippen LogP contribution in [-0.4, -0.2) is 5.11 Å². The molecular weight excluding hydrogens is 160 g/mol. The Hall–Kier alpha value is -1.34. The van der Waals surface area contributed by atoms with Gasteiger partial charge in [0.1, 0.15) is 0 Å². The summed E-state index contributed by atoms with van der Waals surface area (Å²) in [5.41, 5.74) is 2.25. The van der Waals surface area contributed by atoms with Gasteiger partial charge in [-0.05, 0) is 34.9 Å². The van der Waals surface area contributed by atoms with Crippen molar-refractivity contribution in [2.45, 2.75) is 13.5 Å². The standard InChI is InChI=1S/C12H12O/c1-9-3-2-4-11-7-10(8-13)5-6-12(9)11/h2-7,13H,8H2,1H3. The van der Waals surface area contributed by atoms with Gasteiger partial charge in [0.15, 0.2) is 0 Å². The number of hydrogen-bond acceptors (Lipinski definition) is 1. The van der Waals surface area contributed by atoms with Gasteiger partial charge in [-0.1, -0.05) is 30.3 Å². The third-order valence-corrected chi connectivity index (χ3v) is 2.35.